The lowest BCUT2D eigenvalue weighted by Gasteiger charge is -2.12. The van der Waals surface area contributed by atoms with Crippen LogP contribution in [0.2, 0.25) is 5.02 Å². The summed E-state index contributed by atoms with van der Waals surface area (Å²) < 4.78 is 6.65. The standard InChI is InChI=1S/C21H18ClN5O3S/c1-30-16-7-5-15(6-8-16)27-20(29)17-11-24-26-19(17)25-21(27)31-12-18(28)23-10-13-3-2-4-14(22)9-13/h2-9,11H,10,12H2,1H3,(H,23,28)(H,24,26). The molecule has 0 atom stereocenters. The van der Waals surface area contributed by atoms with Crippen LogP contribution in [0.1, 0.15) is 5.56 Å². The number of aromatic amines is 1. The van der Waals surface area contributed by atoms with Crippen LogP contribution in [0.5, 0.6) is 5.75 Å². The number of ether oxygens (including phenoxy) is 1. The molecular weight excluding hydrogens is 438 g/mol. The first-order valence-corrected chi connectivity index (χ1v) is 10.7. The van der Waals surface area contributed by atoms with Crippen LogP contribution in [-0.4, -0.2) is 38.5 Å². The van der Waals surface area contributed by atoms with Crippen molar-refractivity contribution in [3.63, 3.8) is 0 Å². The van der Waals surface area contributed by atoms with E-state index in [4.69, 9.17) is 16.3 Å². The molecule has 4 aromatic rings. The summed E-state index contributed by atoms with van der Waals surface area (Å²) in [4.78, 5) is 29.9. The van der Waals surface area contributed by atoms with Crippen molar-refractivity contribution in [3.8, 4) is 11.4 Å². The molecule has 4 rings (SSSR count). The number of rotatable bonds is 7. The fourth-order valence-electron chi connectivity index (χ4n) is 2.96. The number of methoxy groups -OCH3 is 1. The van der Waals surface area contributed by atoms with E-state index >= 15 is 0 Å². The van der Waals surface area contributed by atoms with Gasteiger partial charge in [-0.25, -0.2) is 4.98 Å². The maximum Gasteiger partial charge on any atom is 0.269 e. The van der Waals surface area contributed by atoms with Gasteiger partial charge in [0, 0.05) is 11.6 Å². The summed E-state index contributed by atoms with van der Waals surface area (Å²) in [6, 6.07) is 14.3. The molecule has 0 aliphatic rings. The molecule has 8 nitrogen and oxygen atoms in total. The van der Waals surface area contributed by atoms with Crippen LogP contribution in [-0.2, 0) is 11.3 Å². The van der Waals surface area contributed by atoms with Crippen LogP contribution in [0, 0.1) is 0 Å². The monoisotopic (exact) mass is 455 g/mol. The van der Waals surface area contributed by atoms with E-state index in [-0.39, 0.29) is 17.2 Å². The van der Waals surface area contributed by atoms with Crippen molar-refractivity contribution in [2.45, 2.75) is 11.7 Å². The van der Waals surface area contributed by atoms with Gasteiger partial charge in [0.1, 0.15) is 11.1 Å². The van der Waals surface area contributed by atoms with Crippen molar-refractivity contribution in [1.29, 1.82) is 0 Å². The van der Waals surface area contributed by atoms with Crippen molar-refractivity contribution >= 4 is 40.3 Å². The Balaban J connectivity index is 1.56. The van der Waals surface area contributed by atoms with Crippen molar-refractivity contribution in [2.75, 3.05) is 12.9 Å². The maximum atomic E-state index is 13.1. The minimum absolute atomic E-state index is 0.0861. The fourth-order valence-corrected chi connectivity index (χ4v) is 4.01. The number of nitrogens with zero attached hydrogens (tertiary/aromatic N) is 3. The summed E-state index contributed by atoms with van der Waals surface area (Å²) in [5, 5.41) is 10.8. The predicted octanol–water partition coefficient (Wildman–Crippen LogP) is 3.18. The van der Waals surface area contributed by atoms with E-state index in [1.807, 2.05) is 12.1 Å². The van der Waals surface area contributed by atoms with E-state index in [0.29, 0.717) is 39.2 Å². The average Bonchev–Trinajstić information content (AvgIpc) is 3.26. The molecule has 0 unspecified atom stereocenters. The molecule has 0 bridgehead atoms. The third-order valence-electron chi connectivity index (χ3n) is 4.49. The lowest BCUT2D eigenvalue weighted by Crippen LogP contribution is -2.26. The molecule has 0 saturated heterocycles. The molecule has 0 radical (unpaired) electrons. The lowest BCUT2D eigenvalue weighted by molar-refractivity contribution is -0.118. The molecule has 0 spiro atoms. The Morgan fingerprint density at radius 2 is 2.06 bits per heavy atom. The summed E-state index contributed by atoms with van der Waals surface area (Å²) in [6.07, 6.45) is 1.44. The molecule has 158 valence electrons. The van der Waals surface area contributed by atoms with Crippen molar-refractivity contribution in [3.05, 3.63) is 75.7 Å². The maximum absolute atomic E-state index is 13.1. The van der Waals surface area contributed by atoms with E-state index in [0.717, 1.165) is 5.56 Å². The Morgan fingerprint density at radius 3 is 2.81 bits per heavy atom. The summed E-state index contributed by atoms with van der Waals surface area (Å²) >= 11 is 7.14. The zero-order chi connectivity index (χ0) is 21.8. The van der Waals surface area contributed by atoms with Crippen LogP contribution in [0.4, 0.5) is 0 Å². The van der Waals surface area contributed by atoms with Gasteiger partial charge in [-0.15, -0.1) is 0 Å². The Bertz CT molecular complexity index is 1290. The number of halogens is 1. The summed E-state index contributed by atoms with van der Waals surface area (Å²) in [7, 11) is 1.57. The predicted molar refractivity (Wildman–Crippen MR) is 120 cm³/mol. The van der Waals surface area contributed by atoms with E-state index in [9.17, 15) is 9.59 Å². The van der Waals surface area contributed by atoms with Crippen LogP contribution >= 0.6 is 23.4 Å². The van der Waals surface area contributed by atoms with Crippen molar-refractivity contribution in [1.82, 2.24) is 25.1 Å². The number of benzene rings is 2. The molecule has 0 aliphatic heterocycles. The fraction of sp³-hybridized carbons (Fsp3) is 0.143. The molecule has 31 heavy (non-hydrogen) atoms. The van der Waals surface area contributed by atoms with Crippen LogP contribution in [0.25, 0.3) is 16.7 Å². The molecule has 2 aromatic carbocycles. The molecule has 1 amide bonds. The number of amides is 1. The Morgan fingerprint density at radius 1 is 1.26 bits per heavy atom. The molecule has 2 N–H and O–H groups in total. The van der Waals surface area contributed by atoms with E-state index in [1.165, 1.54) is 22.5 Å². The first-order valence-electron chi connectivity index (χ1n) is 9.29. The van der Waals surface area contributed by atoms with Gasteiger partial charge in [0.15, 0.2) is 10.8 Å². The first-order chi connectivity index (χ1) is 15.0. The van der Waals surface area contributed by atoms with Gasteiger partial charge in [-0.2, -0.15) is 5.10 Å². The normalized spacial score (nSPS) is 10.9. The molecule has 0 fully saturated rings. The summed E-state index contributed by atoms with van der Waals surface area (Å²) in [5.41, 5.74) is 1.61. The average molecular weight is 456 g/mol. The second-order valence-corrected chi connectivity index (χ2v) is 7.94. The highest BCUT2D eigenvalue weighted by atomic mass is 35.5. The quantitative estimate of drug-likeness (QED) is 0.328. The minimum atomic E-state index is -0.272. The third kappa shape index (κ3) is 4.73. The van der Waals surface area contributed by atoms with E-state index < -0.39 is 0 Å². The molecule has 2 heterocycles. The SMILES string of the molecule is COc1ccc(-n2c(SCC(=O)NCc3cccc(Cl)c3)nc3[nH]ncc3c2=O)cc1. The Hall–Kier alpha value is -3.30. The molecule has 0 aliphatic carbocycles. The van der Waals surface area contributed by atoms with Gasteiger partial charge in [0.25, 0.3) is 5.56 Å². The number of aromatic nitrogens is 4. The summed E-state index contributed by atoms with van der Waals surface area (Å²) in [6.45, 7) is 0.359. The van der Waals surface area contributed by atoms with Crippen LogP contribution < -0.4 is 15.6 Å². The third-order valence-corrected chi connectivity index (χ3v) is 5.67. The highest BCUT2D eigenvalue weighted by molar-refractivity contribution is 7.99. The van der Waals surface area contributed by atoms with Crippen LogP contribution in [0.3, 0.4) is 0 Å². The van der Waals surface area contributed by atoms with Gasteiger partial charge >= 0.3 is 0 Å². The second-order valence-electron chi connectivity index (χ2n) is 6.56. The smallest absolute Gasteiger partial charge is 0.269 e. The van der Waals surface area contributed by atoms with Gasteiger partial charge in [-0.1, -0.05) is 35.5 Å². The number of hydrogen-bond acceptors (Lipinski definition) is 6. The largest absolute Gasteiger partial charge is 0.497 e. The topological polar surface area (TPSA) is 102 Å². The molecule has 2 aromatic heterocycles. The minimum Gasteiger partial charge on any atom is -0.497 e. The number of hydrogen-bond donors (Lipinski definition) is 2. The number of nitrogens with one attached hydrogen (secondary N) is 2. The highest BCUT2D eigenvalue weighted by Crippen LogP contribution is 2.22. The van der Waals surface area contributed by atoms with Crippen molar-refractivity contribution in [2.24, 2.45) is 0 Å². The zero-order valence-electron chi connectivity index (χ0n) is 16.5. The number of fused-ring (bicyclic) bond motifs is 1. The zero-order valence-corrected chi connectivity index (χ0v) is 18.0. The molecular formula is C21H18ClN5O3S. The Kier molecular flexibility index (Phi) is 6.24. The van der Waals surface area contributed by atoms with Crippen molar-refractivity contribution < 1.29 is 9.53 Å². The highest BCUT2D eigenvalue weighted by Gasteiger charge is 2.16. The van der Waals surface area contributed by atoms with E-state index in [2.05, 4.69) is 20.5 Å². The number of thioether (sulfide) groups is 1. The summed E-state index contributed by atoms with van der Waals surface area (Å²) in [5.74, 6) is 0.567. The van der Waals surface area contributed by atoms with Gasteiger partial charge in [0.2, 0.25) is 5.91 Å². The molecule has 10 heteroatoms. The Labute approximate surface area is 186 Å². The van der Waals surface area contributed by atoms with Gasteiger partial charge in [-0.3, -0.25) is 19.3 Å². The van der Waals surface area contributed by atoms with E-state index in [1.54, 1.807) is 43.5 Å². The van der Waals surface area contributed by atoms with Gasteiger partial charge in [0.05, 0.1) is 24.7 Å². The second kappa shape index (κ2) is 9.23. The van der Waals surface area contributed by atoms with Gasteiger partial charge in [-0.05, 0) is 42.0 Å². The lowest BCUT2D eigenvalue weighted by atomic mass is 10.2. The number of carbonyl (C=O) groups excluding carboxylic acids is 1. The number of H-pyrrole nitrogens is 1. The number of carbonyl (C=O) groups is 1. The first kappa shape index (κ1) is 21.0. The molecule has 0 saturated carbocycles. The van der Waals surface area contributed by atoms with Crippen LogP contribution in [0.15, 0.2) is 64.7 Å². The van der Waals surface area contributed by atoms with Gasteiger partial charge < -0.3 is 10.1 Å².